The quantitative estimate of drug-likeness (QED) is 0.698. The molecule has 4 bridgehead atoms. The average molecular weight is 444 g/mol. The summed E-state index contributed by atoms with van der Waals surface area (Å²) in [4.78, 5) is 37.1. The second kappa shape index (κ2) is 7.35. The Bertz CT molecular complexity index is 1040. The van der Waals surface area contributed by atoms with Crippen molar-refractivity contribution in [1.29, 1.82) is 0 Å². The highest BCUT2D eigenvalue weighted by Crippen LogP contribution is 2.63. The van der Waals surface area contributed by atoms with Crippen molar-refractivity contribution in [3.05, 3.63) is 53.9 Å². The summed E-state index contributed by atoms with van der Waals surface area (Å²) in [7, 11) is 0. The van der Waals surface area contributed by atoms with Gasteiger partial charge in [0, 0.05) is 18.2 Å². The molecule has 0 radical (unpaired) electrons. The molecule has 0 aliphatic heterocycles. The zero-order chi connectivity index (χ0) is 22.6. The highest BCUT2D eigenvalue weighted by molar-refractivity contribution is 5.95. The summed E-state index contributed by atoms with van der Waals surface area (Å²) in [6, 6.07) is 5.27. The van der Waals surface area contributed by atoms with Crippen LogP contribution in [-0.2, 0) is 6.18 Å². The van der Waals surface area contributed by atoms with E-state index in [-0.39, 0.29) is 16.9 Å². The van der Waals surface area contributed by atoms with E-state index in [1.165, 1.54) is 0 Å². The number of carbonyl (C=O) groups excluding carboxylic acids is 2. The standard InChI is InChI=1S/C23H23F3N4O2/c24-23(25,26)19-12-27-11-17(29-19)20(32)30-22-8-14-5-15(9-22)7-21(6-14,13-22)10-18(31)16-3-1-2-4-28-16/h1-4,11-12,14-15H,5-10,13H2,(H,30,32). The van der Waals surface area contributed by atoms with Crippen LogP contribution < -0.4 is 5.32 Å². The largest absolute Gasteiger partial charge is 0.434 e. The van der Waals surface area contributed by atoms with Gasteiger partial charge in [0.2, 0.25) is 0 Å². The minimum absolute atomic E-state index is 0.00206. The molecule has 0 saturated heterocycles. The number of carbonyl (C=O) groups is 2. The lowest BCUT2D eigenvalue weighted by molar-refractivity contribution is -0.141. The van der Waals surface area contributed by atoms with Crippen molar-refractivity contribution in [3.8, 4) is 0 Å². The molecule has 4 aliphatic carbocycles. The van der Waals surface area contributed by atoms with Crippen molar-refractivity contribution in [3.63, 3.8) is 0 Å². The first-order valence-corrected chi connectivity index (χ1v) is 10.8. The molecule has 6 nitrogen and oxygen atoms in total. The predicted octanol–water partition coefficient (Wildman–Crippen LogP) is 4.23. The van der Waals surface area contributed by atoms with Crippen LogP contribution in [0.3, 0.4) is 0 Å². The van der Waals surface area contributed by atoms with Crippen LogP contribution in [0.4, 0.5) is 13.2 Å². The van der Waals surface area contributed by atoms with Crippen LogP contribution in [0.15, 0.2) is 36.8 Å². The molecule has 4 fully saturated rings. The highest BCUT2D eigenvalue weighted by atomic mass is 19.4. The number of Topliss-reactive ketones (excluding diaryl/α,β-unsaturated/α-hetero) is 1. The Labute approximate surface area is 183 Å². The third-order valence-corrected chi connectivity index (χ3v) is 7.20. The highest BCUT2D eigenvalue weighted by Gasteiger charge is 2.58. The number of amides is 1. The van der Waals surface area contributed by atoms with E-state index in [9.17, 15) is 22.8 Å². The number of hydrogen-bond acceptors (Lipinski definition) is 5. The van der Waals surface area contributed by atoms with Crippen molar-refractivity contribution >= 4 is 11.7 Å². The number of alkyl halides is 3. The van der Waals surface area contributed by atoms with Gasteiger partial charge in [-0.1, -0.05) is 6.07 Å². The molecular formula is C23H23F3N4O2. The summed E-state index contributed by atoms with van der Waals surface area (Å²) in [5, 5.41) is 3.02. The minimum Gasteiger partial charge on any atom is -0.345 e. The molecule has 1 amide bonds. The fourth-order valence-corrected chi connectivity index (χ4v) is 6.68. The molecular weight excluding hydrogens is 421 g/mol. The van der Waals surface area contributed by atoms with Crippen LogP contribution in [0.1, 0.15) is 71.6 Å². The summed E-state index contributed by atoms with van der Waals surface area (Å²) < 4.78 is 39.0. The molecule has 0 spiro atoms. The van der Waals surface area contributed by atoms with Gasteiger partial charge in [0.05, 0.1) is 12.4 Å². The van der Waals surface area contributed by atoms with Gasteiger partial charge in [0.1, 0.15) is 11.4 Å². The smallest absolute Gasteiger partial charge is 0.345 e. The number of rotatable bonds is 5. The summed E-state index contributed by atoms with van der Waals surface area (Å²) in [5.41, 5.74) is -1.82. The summed E-state index contributed by atoms with van der Waals surface area (Å²) in [6.45, 7) is 0. The number of pyridine rings is 1. The van der Waals surface area contributed by atoms with E-state index in [1.807, 2.05) is 0 Å². The molecule has 0 aromatic carbocycles. The van der Waals surface area contributed by atoms with Crippen molar-refractivity contribution in [2.24, 2.45) is 17.3 Å². The average Bonchev–Trinajstić information content (AvgIpc) is 2.72. The summed E-state index contributed by atoms with van der Waals surface area (Å²) in [6.07, 6.45) is 4.12. The van der Waals surface area contributed by atoms with Gasteiger partial charge >= 0.3 is 6.18 Å². The lowest BCUT2D eigenvalue weighted by Crippen LogP contribution is -2.63. The molecule has 2 aromatic rings. The Balaban J connectivity index is 1.37. The topological polar surface area (TPSA) is 84.8 Å². The van der Waals surface area contributed by atoms with Gasteiger partial charge < -0.3 is 5.32 Å². The molecule has 2 atom stereocenters. The molecule has 4 aliphatic rings. The van der Waals surface area contributed by atoms with Gasteiger partial charge in [-0.25, -0.2) is 4.98 Å². The van der Waals surface area contributed by atoms with Gasteiger partial charge in [-0.05, 0) is 67.9 Å². The molecule has 4 saturated carbocycles. The lowest BCUT2D eigenvalue weighted by Gasteiger charge is -2.62. The first-order chi connectivity index (χ1) is 15.2. The maximum Gasteiger partial charge on any atom is 0.434 e. The number of ketones is 1. The van der Waals surface area contributed by atoms with Crippen LogP contribution in [0, 0.1) is 17.3 Å². The van der Waals surface area contributed by atoms with Gasteiger partial charge in [-0.15, -0.1) is 0 Å². The third-order valence-electron chi connectivity index (χ3n) is 7.20. The molecule has 2 unspecified atom stereocenters. The fourth-order valence-electron chi connectivity index (χ4n) is 6.68. The van der Waals surface area contributed by atoms with E-state index in [4.69, 9.17) is 0 Å². The van der Waals surface area contributed by atoms with Crippen LogP contribution >= 0.6 is 0 Å². The maximum atomic E-state index is 13.0. The normalized spacial score (nSPS) is 30.8. The number of hydrogen-bond donors (Lipinski definition) is 1. The van der Waals surface area contributed by atoms with Gasteiger partial charge in [-0.3, -0.25) is 19.6 Å². The molecule has 2 heterocycles. The molecule has 168 valence electrons. The van der Waals surface area contributed by atoms with Crippen LogP contribution in [0.25, 0.3) is 0 Å². The van der Waals surface area contributed by atoms with E-state index in [0.29, 0.717) is 36.6 Å². The zero-order valence-electron chi connectivity index (χ0n) is 17.4. The van der Waals surface area contributed by atoms with Crippen molar-refractivity contribution < 1.29 is 22.8 Å². The Hall–Kier alpha value is -2.84. The first-order valence-electron chi connectivity index (χ1n) is 10.8. The summed E-state index contributed by atoms with van der Waals surface area (Å²) in [5.74, 6) is 0.135. The molecule has 6 rings (SSSR count). The van der Waals surface area contributed by atoms with Crippen molar-refractivity contribution in [1.82, 2.24) is 20.3 Å². The number of nitrogens with one attached hydrogen (secondary N) is 1. The van der Waals surface area contributed by atoms with Gasteiger partial charge in [0.25, 0.3) is 5.91 Å². The molecule has 9 heteroatoms. The Morgan fingerprint density at radius 1 is 1.06 bits per heavy atom. The van der Waals surface area contributed by atoms with Crippen LogP contribution in [0.5, 0.6) is 0 Å². The van der Waals surface area contributed by atoms with E-state index < -0.39 is 23.3 Å². The SMILES string of the molecule is O=C(CC12CC3CC(C1)CC(NC(=O)c1cncc(C(F)(F)F)n1)(C3)C2)c1ccccn1. The monoisotopic (exact) mass is 444 g/mol. The van der Waals surface area contributed by atoms with Gasteiger partial charge in [0.15, 0.2) is 11.5 Å². The predicted molar refractivity (Wildman–Crippen MR) is 108 cm³/mol. The van der Waals surface area contributed by atoms with E-state index in [1.54, 1.807) is 24.4 Å². The minimum atomic E-state index is -4.67. The zero-order valence-corrected chi connectivity index (χ0v) is 17.4. The van der Waals surface area contributed by atoms with Crippen molar-refractivity contribution in [2.75, 3.05) is 0 Å². The van der Waals surface area contributed by atoms with E-state index in [0.717, 1.165) is 38.3 Å². The number of aromatic nitrogens is 3. The van der Waals surface area contributed by atoms with Crippen molar-refractivity contribution in [2.45, 2.75) is 56.7 Å². The van der Waals surface area contributed by atoms with Crippen LogP contribution in [-0.4, -0.2) is 32.2 Å². The fraction of sp³-hybridized carbons (Fsp3) is 0.522. The molecule has 1 N–H and O–H groups in total. The number of halogens is 3. The second-order valence-electron chi connectivity index (χ2n) is 9.80. The van der Waals surface area contributed by atoms with Crippen LogP contribution in [0.2, 0.25) is 0 Å². The summed E-state index contributed by atoms with van der Waals surface area (Å²) >= 11 is 0. The molecule has 32 heavy (non-hydrogen) atoms. The molecule has 2 aromatic heterocycles. The maximum absolute atomic E-state index is 13.0. The Morgan fingerprint density at radius 2 is 1.81 bits per heavy atom. The Kier molecular flexibility index (Phi) is 4.83. The second-order valence-corrected chi connectivity index (χ2v) is 9.80. The lowest BCUT2D eigenvalue weighted by atomic mass is 9.46. The van der Waals surface area contributed by atoms with E-state index >= 15 is 0 Å². The van der Waals surface area contributed by atoms with Gasteiger partial charge in [-0.2, -0.15) is 13.2 Å². The first kappa shape index (κ1) is 21.0. The van der Waals surface area contributed by atoms with E-state index in [2.05, 4.69) is 20.3 Å². The third kappa shape index (κ3) is 3.89. The number of nitrogens with zero attached hydrogens (tertiary/aromatic N) is 3. The Morgan fingerprint density at radius 3 is 2.47 bits per heavy atom.